The SMILES string of the molecule is CC(C)N1CCN(CC2(CO)CCOC2)CC1. The Morgan fingerprint density at radius 3 is 2.41 bits per heavy atom. The third-order valence-electron chi connectivity index (χ3n) is 4.22. The van der Waals surface area contributed by atoms with Gasteiger partial charge in [-0.15, -0.1) is 0 Å². The van der Waals surface area contributed by atoms with Crippen LogP contribution in [-0.2, 0) is 4.74 Å². The number of hydrogen-bond acceptors (Lipinski definition) is 4. The predicted molar refractivity (Wildman–Crippen MR) is 68.1 cm³/mol. The first-order chi connectivity index (χ1) is 8.15. The molecule has 0 radical (unpaired) electrons. The molecule has 100 valence electrons. The first kappa shape index (κ1) is 13.3. The van der Waals surface area contributed by atoms with Crippen molar-refractivity contribution in [1.82, 2.24) is 9.80 Å². The summed E-state index contributed by atoms with van der Waals surface area (Å²) < 4.78 is 5.46. The molecule has 2 aliphatic rings. The molecule has 1 N–H and O–H groups in total. The highest BCUT2D eigenvalue weighted by Crippen LogP contribution is 2.29. The minimum Gasteiger partial charge on any atom is -0.396 e. The number of piperazine rings is 1. The molecule has 0 amide bonds. The summed E-state index contributed by atoms with van der Waals surface area (Å²) in [4.78, 5) is 5.01. The van der Waals surface area contributed by atoms with Gasteiger partial charge in [-0.2, -0.15) is 0 Å². The van der Waals surface area contributed by atoms with Crippen LogP contribution in [-0.4, -0.2) is 73.5 Å². The zero-order chi connectivity index (χ0) is 12.3. The minimum absolute atomic E-state index is 0.0139. The van der Waals surface area contributed by atoms with Crippen LogP contribution >= 0.6 is 0 Å². The molecule has 0 saturated carbocycles. The Labute approximate surface area is 105 Å². The maximum atomic E-state index is 9.57. The second-order valence-electron chi connectivity index (χ2n) is 5.87. The van der Waals surface area contributed by atoms with Crippen molar-refractivity contribution < 1.29 is 9.84 Å². The summed E-state index contributed by atoms with van der Waals surface area (Å²) in [6.07, 6.45) is 1.01. The van der Waals surface area contributed by atoms with Crippen LogP contribution in [0.5, 0.6) is 0 Å². The van der Waals surface area contributed by atoms with E-state index in [2.05, 4.69) is 23.6 Å². The normalized spacial score (nSPS) is 32.5. The van der Waals surface area contributed by atoms with Crippen LogP contribution in [0.1, 0.15) is 20.3 Å². The third-order valence-corrected chi connectivity index (χ3v) is 4.22. The summed E-state index contributed by atoms with van der Waals surface area (Å²) in [6.45, 7) is 11.9. The van der Waals surface area contributed by atoms with Gasteiger partial charge >= 0.3 is 0 Å². The van der Waals surface area contributed by atoms with Gasteiger partial charge in [-0.3, -0.25) is 4.90 Å². The molecule has 0 aromatic rings. The average molecular weight is 242 g/mol. The molecule has 0 bridgehead atoms. The van der Waals surface area contributed by atoms with Gasteiger partial charge in [0.2, 0.25) is 0 Å². The van der Waals surface area contributed by atoms with E-state index in [4.69, 9.17) is 4.74 Å². The highest BCUT2D eigenvalue weighted by molar-refractivity contribution is 4.87. The Kier molecular flexibility index (Phi) is 4.42. The van der Waals surface area contributed by atoms with Gasteiger partial charge < -0.3 is 14.7 Å². The zero-order valence-electron chi connectivity index (χ0n) is 11.2. The standard InChI is InChI=1S/C13H26N2O2/c1-12(2)15-6-4-14(5-7-15)9-13(10-16)3-8-17-11-13/h12,16H,3-11H2,1-2H3. The highest BCUT2D eigenvalue weighted by Gasteiger charge is 2.36. The van der Waals surface area contributed by atoms with Crippen molar-refractivity contribution in [1.29, 1.82) is 0 Å². The predicted octanol–water partition coefficient (Wildman–Crippen LogP) is 0.411. The Bertz CT molecular complexity index is 232. The largest absolute Gasteiger partial charge is 0.396 e. The molecule has 1 atom stereocenters. The van der Waals surface area contributed by atoms with Gasteiger partial charge in [0.15, 0.2) is 0 Å². The van der Waals surface area contributed by atoms with Gasteiger partial charge in [0.25, 0.3) is 0 Å². The molecule has 2 heterocycles. The fourth-order valence-electron chi connectivity index (χ4n) is 2.86. The van der Waals surface area contributed by atoms with Crippen LogP contribution in [0.2, 0.25) is 0 Å². The second-order valence-corrected chi connectivity index (χ2v) is 5.87. The van der Waals surface area contributed by atoms with Crippen molar-refractivity contribution in [3.05, 3.63) is 0 Å². The van der Waals surface area contributed by atoms with E-state index in [0.717, 1.165) is 52.4 Å². The van der Waals surface area contributed by atoms with E-state index in [0.29, 0.717) is 6.04 Å². The van der Waals surface area contributed by atoms with Gasteiger partial charge in [-0.1, -0.05) is 0 Å². The molecule has 4 nitrogen and oxygen atoms in total. The Morgan fingerprint density at radius 2 is 1.94 bits per heavy atom. The monoisotopic (exact) mass is 242 g/mol. The van der Waals surface area contributed by atoms with Crippen molar-refractivity contribution in [3.8, 4) is 0 Å². The molecule has 0 aliphatic carbocycles. The van der Waals surface area contributed by atoms with Gasteiger partial charge in [-0.05, 0) is 20.3 Å². The minimum atomic E-state index is 0.0139. The maximum Gasteiger partial charge on any atom is 0.0557 e. The number of ether oxygens (including phenoxy) is 1. The number of aliphatic hydroxyl groups is 1. The molecule has 0 aromatic heterocycles. The van der Waals surface area contributed by atoms with E-state index in [1.54, 1.807) is 0 Å². The number of hydrogen-bond donors (Lipinski definition) is 1. The third kappa shape index (κ3) is 3.19. The van der Waals surface area contributed by atoms with Gasteiger partial charge in [0.1, 0.15) is 0 Å². The number of nitrogens with zero attached hydrogens (tertiary/aromatic N) is 2. The van der Waals surface area contributed by atoms with Crippen LogP contribution in [0.25, 0.3) is 0 Å². The van der Waals surface area contributed by atoms with Gasteiger partial charge in [-0.25, -0.2) is 0 Å². The summed E-state index contributed by atoms with van der Waals surface area (Å²) in [5, 5.41) is 9.57. The summed E-state index contributed by atoms with van der Waals surface area (Å²) in [5.74, 6) is 0. The van der Waals surface area contributed by atoms with E-state index in [-0.39, 0.29) is 12.0 Å². The molecule has 0 aromatic carbocycles. The highest BCUT2D eigenvalue weighted by atomic mass is 16.5. The molecule has 17 heavy (non-hydrogen) atoms. The molecule has 2 saturated heterocycles. The molecule has 2 rings (SSSR count). The maximum absolute atomic E-state index is 9.57. The fourth-order valence-corrected chi connectivity index (χ4v) is 2.86. The van der Waals surface area contributed by atoms with Crippen molar-refractivity contribution in [3.63, 3.8) is 0 Å². The summed E-state index contributed by atoms with van der Waals surface area (Å²) in [6, 6.07) is 0.652. The van der Waals surface area contributed by atoms with Crippen LogP contribution in [0.3, 0.4) is 0 Å². The molecular formula is C13H26N2O2. The molecule has 0 spiro atoms. The van der Waals surface area contributed by atoms with Crippen LogP contribution < -0.4 is 0 Å². The van der Waals surface area contributed by atoms with Crippen molar-refractivity contribution in [2.75, 3.05) is 52.5 Å². The lowest BCUT2D eigenvalue weighted by Gasteiger charge is -2.40. The van der Waals surface area contributed by atoms with E-state index < -0.39 is 0 Å². The van der Waals surface area contributed by atoms with Crippen molar-refractivity contribution in [2.24, 2.45) is 5.41 Å². The number of aliphatic hydroxyl groups excluding tert-OH is 1. The lowest BCUT2D eigenvalue weighted by molar-refractivity contribution is 0.0308. The van der Waals surface area contributed by atoms with Crippen LogP contribution in [0, 0.1) is 5.41 Å². The van der Waals surface area contributed by atoms with E-state index in [9.17, 15) is 5.11 Å². The molecule has 2 fully saturated rings. The first-order valence-corrected chi connectivity index (χ1v) is 6.80. The Hall–Kier alpha value is -0.160. The van der Waals surface area contributed by atoms with Gasteiger partial charge in [0, 0.05) is 50.8 Å². The number of rotatable bonds is 4. The van der Waals surface area contributed by atoms with Gasteiger partial charge in [0.05, 0.1) is 13.2 Å². The molecule has 4 heteroatoms. The second kappa shape index (κ2) is 5.65. The van der Waals surface area contributed by atoms with E-state index >= 15 is 0 Å². The smallest absolute Gasteiger partial charge is 0.0557 e. The van der Waals surface area contributed by atoms with Crippen LogP contribution in [0.15, 0.2) is 0 Å². The van der Waals surface area contributed by atoms with Crippen LogP contribution in [0.4, 0.5) is 0 Å². The molecular weight excluding hydrogens is 216 g/mol. The molecule has 1 unspecified atom stereocenters. The summed E-state index contributed by atoms with van der Waals surface area (Å²) in [5.41, 5.74) is 0.0139. The average Bonchev–Trinajstić information content (AvgIpc) is 2.79. The van der Waals surface area contributed by atoms with Crippen molar-refractivity contribution in [2.45, 2.75) is 26.3 Å². The van der Waals surface area contributed by atoms with E-state index in [1.165, 1.54) is 0 Å². The lowest BCUT2D eigenvalue weighted by atomic mass is 9.87. The Morgan fingerprint density at radius 1 is 1.24 bits per heavy atom. The molecule has 2 aliphatic heterocycles. The summed E-state index contributed by atoms with van der Waals surface area (Å²) in [7, 11) is 0. The Balaban J connectivity index is 1.81. The fraction of sp³-hybridized carbons (Fsp3) is 1.00. The topological polar surface area (TPSA) is 35.9 Å². The zero-order valence-corrected chi connectivity index (χ0v) is 11.2. The lowest BCUT2D eigenvalue weighted by Crippen LogP contribution is -2.52. The van der Waals surface area contributed by atoms with Crippen molar-refractivity contribution >= 4 is 0 Å². The summed E-state index contributed by atoms with van der Waals surface area (Å²) >= 11 is 0. The van der Waals surface area contributed by atoms with E-state index in [1.807, 2.05) is 0 Å². The first-order valence-electron chi connectivity index (χ1n) is 6.80. The quantitative estimate of drug-likeness (QED) is 0.775.